The number of hydrogen-bond acceptors (Lipinski definition) is 4. The van der Waals surface area contributed by atoms with Crippen LogP contribution in [-0.2, 0) is 0 Å². The van der Waals surface area contributed by atoms with E-state index in [0.29, 0.717) is 11.1 Å². The largest absolute Gasteiger partial charge is 0.477 e. The van der Waals surface area contributed by atoms with E-state index in [-0.39, 0.29) is 11.5 Å². The van der Waals surface area contributed by atoms with Crippen molar-refractivity contribution in [3.63, 3.8) is 0 Å². The number of hydrogen-bond donors (Lipinski definition) is 2. The Bertz CT molecular complexity index is 832. The lowest BCUT2D eigenvalue weighted by atomic mass is 10.1. The van der Waals surface area contributed by atoms with Crippen molar-refractivity contribution in [2.45, 2.75) is 0 Å². The molecule has 0 aliphatic rings. The molecule has 1 aromatic carbocycles. The fourth-order valence-corrected chi connectivity index (χ4v) is 1.86. The molecule has 3 aromatic rings. The molecule has 0 aliphatic heterocycles. The minimum absolute atomic E-state index is 0.176. The molecular formula is C13H8N2O4. The van der Waals surface area contributed by atoms with Gasteiger partial charge in [-0.1, -0.05) is 18.2 Å². The van der Waals surface area contributed by atoms with Gasteiger partial charge in [-0.05, 0) is 6.07 Å². The maximum absolute atomic E-state index is 11.5. The number of fused-ring (bicyclic) bond motifs is 1. The van der Waals surface area contributed by atoms with Gasteiger partial charge >= 0.3 is 5.97 Å². The number of para-hydroxylation sites is 1. The number of H-pyrrole nitrogens is 1. The van der Waals surface area contributed by atoms with Crippen LogP contribution in [0.5, 0.6) is 0 Å². The highest BCUT2D eigenvalue weighted by Gasteiger charge is 2.13. The standard InChI is InChI=1S/C13H8N2O4/c16-11-5-9(13(17)18)14-12(15-11)8-6-19-10-4-2-1-3-7(8)10/h1-6H,(H,17,18)(H,14,15,16). The predicted octanol–water partition coefficient (Wildman–Crippen LogP) is 1.88. The lowest BCUT2D eigenvalue weighted by Crippen LogP contribution is -2.13. The highest BCUT2D eigenvalue weighted by Crippen LogP contribution is 2.27. The third-order valence-corrected chi connectivity index (χ3v) is 2.70. The lowest BCUT2D eigenvalue weighted by molar-refractivity contribution is 0.0690. The second-order valence-electron chi connectivity index (χ2n) is 3.93. The fourth-order valence-electron chi connectivity index (χ4n) is 1.86. The first-order chi connectivity index (χ1) is 9.15. The van der Waals surface area contributed by atoms with Crippen molar-refractivity contribution in [2.24, 2.45) is 0 Å². The van der Waals surface area contributed by atoms with E-state index in [1.807, 2.05) is 18.2 Å². The van der Waals surface area contributed by atoms with Gasteiger partial charge in [-0.15, -0.1) is 0 Å². The molecule has 0 saturated carbocycles. The van der Waals surface area contributed by atoms with Gasteiger partial charge in [0.05, 0.1) is 5.56 Å². The summed E-state index contributed by atoms with van der Waals surface area (Å²) >= 11 is 0. The second-order valence-corrected chi connectivity index (χ2v) is 3.93. The summed E-state index contributed by atoms with van der Waals surface area (Å²) in [4.78, 5) is 28.8. The quantitative estimate of drug-likeness (QED) is 0.729. The molecule has 3 rings (SSSR count). The van der Waals surface area contributed by atoms with Crippen molar-refractivity contribution in [3.8, 4) is 11.4 Å². The number of carbonyl (C=O) groups is 1. The summed E-state index contributed by atoms with van der Waals surface area (Å²) in [6, 6.07) is 8.16. The van der Waals surface area contributed by atoms with Gasteiger partial charge in [-0.2, -0.15) is 0 Å². The van der Waals surface area contributed by atoms with Gasteiger partial charge in [0, 0.05) is 11.5 Å². The van der Waals surface area contributed by atoms with Gasteiger partial charge in [0.2, 0.25) is 0 Å². The Morgan fingerprint density at radius 3 is 2.89 bits per heavy atom. The molecule has 2 aromatic heterocycles. The normalized spacial score (nSPS) is 10.7. The number of rotatable bonds is 2. The van der Waals surface area contributed by atoms with E-state index in [9.17, 15) is 9.59 Å². The number of aromatic nitrogens is 2. The van der Waals surface area contributed by atoms with Crippen LogP contribution in [0.25, 0.3) is 22.4 Å². The molecule has 0 bridgehead atoms. The Kier molecular flexibility index (Phi) is 2.42. The number of nitrogens with zero attached hydrogens (tertiary/aromatic N) is 1. The van der Waals surface area contributed by atoms with Crippen LogP contribution in [0, 0.1) is 0 Å². The van der Waals surface area contributed by atoms with Gasteiger partial charge in [0.1, 0.15) is 17.7 Å². The smallest absolute Gasteiger partial charge is 0.354 e. The third-order valence-electron chi connectivity index (χ3n) is 2.70. The van der Waals surface area contributed by atoms with E-state index in [1.54, 1.807) is 6.07 Å². The Labute approximate surface area is 106 Å². The summed E-state index contributed by atoms with van der Waals surface area (Å²) in [5.41, 5.74) is 0.369. The molecule has 0 saturated heterocycles. The number of aromatic amines is 1. The van der Waals surface area contributed by atoms with E-state index in [4.69, 9.17) is 9.52 Å². The molecule has 0 atom stereocenters. The fraction of sp³-hybridized carbons (Fsp3) is 0. The Morgan fingerprint density at radius 2 is 2.11 bits per heavy atom. The summed E-state index contributed by atoms with van der Waals surface area (Å²) in [5.74, 6) is -1.07. The first-order valence-corrected chi connectivity index (χ1v) is 5.46. The molecular weight excluding hydrogens is 248 g/mol. The summed E-state index contributed by atoms with van der Waals surface area (Å²) in [6.07, 6.45) is 1.44. The SMILES string of the molecule is O=C(O)c1cc(=O)[nH]c(-c2coc3ccccc23)n1. The summed E-state index contributed by atoms with van der Waals surface area (Å²) in [7, 11) is 0. The van der Waals surface area contributed by atoms with Crippen molar-refractivity contribution in [1.82, 2.24) is 9.97 Å². The van der Waals surface area contributed by atoms with Crippen molar-refractivity contribution in [3.05, 3.63) is 52.6 Å². The Morgan fingerprint density at radius 1 is 1.32 bits per heavy atom. The molecule has 6 nitrogen and oxygen atoms in total. The molecule has 0 radical (unpaired) electrons. The van der Waals surface area contributed by atoms with E-state index < -0.39 is 11.5 Å². The van der Waals surface area contributed by atoms with Gasteiger partial charge in [-0.3, -0.25) is 4.79 Å². The molecule has 0 aliphatic carbocycles. The van der Waals surface area contributed by atoms with Crippen LogP contribution < -0.4 is 5.56 Å². The van der Waals surface area contributed by atoms with Gasteiger partial charge in [-0.25, -0.2) is 9.78 Å². The summed E-state index contributed by atoms with van der Waals surface area (Å²) in [5, 5.41) is 9.66. The van der Waals surface area contributed by atoms with Crippen LogP contribution in [-0.4, -0.2) is 21.0 Å². The molecule has 94 valence electrons. The Balaban J connectivity index is 2.27. The van der Waals surface area contributed by atoms with Crippen LogP contribution in [0.2, 0.25) is 0 Å². The summed E-state index contributed by atoms with van der Waals surface area (Å²) < 4.78 is 5.33. The average Bonchev–Trinajstić information content (AvgIpc) is 2.81. The van der Waals surface area contributed by atoms with E-state index in [2.05, 4.69) is 9.97 Å². The number of carboxylic acid groups (broad SMARTS) is 1. The zero-order chi connectivity index (χ0) is 13.4. The number of benzene rings is 1. The molecule has 2 heterocycles. The molecule has 0 spiro atoms. The zero-order valence-corrected chi connectivity index (χ0v) is 9.58. The number of nitrogens with one attached hydrogen (secondary N) is 1. The average molecular weight is 256 g/mol. The van der Waals surface area contributed by atoms with Gasteiger partial charge < -0.3 is 14.5 Å². The molecule has 0 unspecified atom stereocenters. The van der Waals surface area contributed by atoms with Crippen LogP contribution in [0.3, 0.4) is 0 Å². The number of aromatic carboxylic acids is 1. The number of carboxylic acids is 1. The highest BCUT2D eigenvalue weighted by molar-refractivity contribution is 5.92. The molecule has 6 heteroatoms. The van der Waals surface area contributed by atoms with E-state index in [1.165, 1.54) is 6.26 Å². The maximum atomic E-state index is 11.5. The molecule has 2 N–H and O–H groups in total. The van der Waals surface area contributed by atoms with Gasteiger partial charge in [0.25, 0.3) is 5.56 Å². The second kappa shape index (κ2) is 4.09. The van der Waals surface area contributed by atoms with Crippen molar-refractivity contribution < 1.29 is 14.3 Å². The minimum Gasteiger partial charge on any atom is -0.477 e. The van der Waals surface area contributed by atoms with Gasteiger partial charge in [0.15, 0.2) is 5.69 Å². The van der Waals surface area contributed by atoms with Crippen LogP contribution in [0.4, 0.5) is 0 Å². The minimum atomic E-state index is -1.25. The molecule has 0 fully saturated rings. The monoisotopic (exact) mass is 256 g/mol. The molecule has 19 heavy (non-hydrogen) atoms. The first kappa shape index (κ1) is 11.2. The zero-order valence-electron chi connectivity index (χ0n) is 9.58. The predicted molar refractivity (Wildman–Crippen MR) is 67.0 cm³/mol. The van der Waals surface area contributed by atoms with Crippen molar-refractivity contribution >= 4 is 16.9 Å². The lowest BCUT2D eigenvalue weighted by Gasteiger charge is -1.99. The Hall–Kier alpha value is -2.89. The summed E-state index contributed by atoms with van der Waals surface area (Å²) in [6.45, 7) is 0. The van der Waals surface area contributed by atoms with Crippen molar-refractivity contribution in [2.75, 3.05) is 0 Å². The third kappa shape index (κ3) is 1.89. The maximum Gasteiger partial charge on any atom is 0.354 e. The topological polar surface area (TPSA) is 96.2 Å². The van der Waals surface area contributed by atoms with Crippen LogP contribution >= 0.6 is 0 Å². The van der Waals surface area contributed by atoms with Crippen molar-refractivity contribution in [1.29, 1.82) is 0 Å². The first-order valence-electron chi connectivity index (χ1n) is 5.46. The van der Waals surface area contributed by atoms with E-state index in [0.717, 1.165) is 11.5 Å². The van der Waals surface area contributed by atoms with Crippen LogP contribution in [0.1, 0.15) is 10.5 Å². The molecule has 0 amide bonds. The van der Waals surface area contributed by atoms with Crippen LogP contribution in [0.15, 0.2) is 45.8 Å². The number of furan rings is 1. The highest BCUT2D eigenvalue weighted by atomic mass is 16.4. The van der Waals surface area contributed by atoms with E-state index >= 15 is 0 Å².